The number of nitrogens with one attached hydrogen (secondary N) is 1. The molecule has 0 spiro atoms. The van der Waals surface area contributed by atoms with E-state index in [9.17, 15) is 4.79 Å². The van der Waals surface area contributed by atoms with E-state index >= 15 is 0 Å². The SMILES string of the molecule is Cc1cc(CNCC(C)C)ccc1N1CCN(C)C(=O)C1. The summed E-state index contributed by atoms with van der Waals surface area (Å²) in [5.74, 6) is 0.866. The zero-order valence-electron chi connectivity index (χ0n) is 13.6. The molecule has 2 rings (SSSR count). The maximum Gasteiger partial charge on any atom is 0.241 e. The van der Waals surface area contributed by atoms with Crippen molar-refractivity contribution < 1.29 is 4.79 Å². The van der Waals surface area contributed by atoms with Crippen LogP contribution in [0.15, 0.2) is 18.2 Å². The number of benzene rings is 1. The molecular weight excluding hydrogens is 262 g/mol. The minimum Gasteiger partial charge on any atom is -0.360 e. The van der Waals surface area contributed by atoms with Crippen LogP contribution in [0.5, 0.6) is 0 Å². The molecule has 0 unspecified atom stereocenters. The first-order valence-electron chi connectivity index (χ1n) is 7.76. The highest BCUT2D eigenvalue weighted by Crippen LogP contribution is 2.22. The minimum atomic E-state index is 0.198. The minimum absolute atomic E-state index is 0.198. The number of rotatable bonds is 5. The van der Waals surface area contributed by atoms with Gasteiger partial charge in [-0.25, -0.2) is 0 Å². The van der Waals surface area contributed by atoms with Crippen molar-refractivity contribution >= 4 is 11.6 Å². The predicted molar refractivity (Wildman–Crippen MR) is 87.6 cm³/mol. The summed E-state index contributed by atoms with van der Waals surface area (Å²) in [7, 11) is 1.87. The first kappa shape index (κ1) is 15.8. The van der Waals surface area contributed by atoms with Crippen molar-refractivity contribution in [1.29, 1.82) is 0 Å². The third kappa shape index (κ3) is 4.21. The topological polar surface area (TPSA) is 35.6 Å². The van der Waals surface area contributed by atoms with Crippen molar-refractivity contribution in [3.05, 3.63) is 29.3 Å². The van der Waals surface area contributed by atoms with Gasteiger partial charge in [0.1, 0.15) is 0 Å². The van der Waals surface area contributed by atoms with Gasteiger partial charge in [0.2, 0.25) is 5.91 Å². The maximum atomic E-state index is 11.8. The van der Waals surface area contributed by atoms with Gasteiger partial charge < -0.3 is 15.1 Å². The molecule has 0 aliphatic carbocycles. The molecule has 1 heterocycles. The monoisotopic (exact) mass is 289 g/mol. The summed E-state index contributed by atoms with van der Waals surface area (Å²) in [6.45, 7) is 10.7. The fraction of sp³-hybridized carbons (Fsp3) is 0.588. The fourth-order valence-electron chi connectivity index (χ4n) is 2.65. The Morgan fingerprint density at radius 1 is 1.29 bits per heavy atom. The van der Waals surface area contributed by atoms with Crippen LogP contribution in [0.4, 0.5) is 5.69 Å². The van der Waals surface area contributed by atoms with Crippen molar-refractivity contribution in [1.82, 2.24) is 10.2 Å². The molecule has 4 heteroatoms. The van der Waals surface area contributed by atoms with Crippen molar-refractivity contribution in [2.75, 3.05) is 38.1 Å². The van der Waals surface area contributed by atoms with Crippen molar-refractivity contribution in [2.24, 2.45) is 5.92 Å². The largest absolute Gasteiger partial charge is 0.360 e. The van der Waals surface area contributed by atoms with Crippen LogP contribution < -0.4 is 10.2 Å². The van der Waals surface area contributed by atoms with Crippen LogP contribution in [0.2, 0.25) is 0 Å². The zero-order valence-corrected chi connectivity index (χ0v) is 13.6. The van der Waals surface area contributed by atoms with E-state index in [4.69, 9.17) is 0 Å². The molecule has 1 N–H and O–H groups in total. The smallest absolute Gasteiger partial charge is 0.241 e. The van der Waals surface area contributed by atoms with Crippen LogP contribution in [0.25, 0.3) is 0 Å². The van der Waals surface area contributed by atoms with E-state index < -0.39 is 0 Å². The highest BCUT2D eigenvalue weighted by Gasteiger charge is 2.22. The summed E-state index contributed by atoms with van der Waals surface area (Å²) in [6.07, 6.45) is 0. The molecule has 0 atom stereocenters. The lowest BCUT2D eigenvalue weighted by Crippen LogP contribution is -2.48. The Kier molecular flexibility index (Phi) is 5.23. The van der Waals surface area contributed by atoms with Gasteiger partial charge in [0.15, 0.2) is 0 Å². The first-order chi connectivity index (χ1) is 9.97. The second-order valence-electron chi connectivity index (χ2n) is 6.38. The van der Waals surface area contributed by atoms with Gasteiger partial charge >= 0.3 is 0 Å². The molecule has 1 aromatic rings. The van der Waals surface area contributed by atoms with Gasteiger partial charge in [-0.05, 0) is 36.6 Å². The van der Waals surface area contributed by atoms with Crippen LogP contribution in [0, 0.1) is 12.8 Å². The van der Waals surface area contributed by atoms with E-state index in [-0.39, 0.29) is 5.91 Å². The van der Waals surface area contributed by atoms with Crippen LogP contribution >= 0.6 is 0 Å². The quantitative estimate of drug-likeness (QED) is 0.901. The standard InChI is InChI=1S/C17H27N3O/c1-13(2)10-18-11-15-5-6-16(14(3)9-15)20-8-7-19(4)17(21)12-20/h5-6,9,13,18H,7-8,10-12H2,1-4H3. The van der Waals surface area contributed by atoms with Crippen molar-refractivity contribution in [3.63, 3.8) is 0 Å². The first-order valence-corrected chi connectivity index (χ1v) is 7.76. The maximum absolute atomic E-state index is 11.8. The molecule has 0 radical (unpaired) electrons. The van der Waals surface area contributed by atoms with Gasteiger partial charge in [-0.15, -0.1) is 0 Å². The van der Waals surface area contributed by atoms with Gasteiger partial charge in [0.05, 0.1) is 6.54 Å². The third-order valence-electron chi connectivity index (χ3n) is 3.94. The summed E-state index contributed by atoms with van der Waals surface area (Å²) in [6, 6.07) is 6.55. The molecule has 116 valence electrons. The molecule has 1 aliphatic heterocycles. The van der Waals surface area contributed by atoms with Gasteiger partial charge in [0.25, 0.3) is 0 Å². The Hall–Kier alpha value is -1.55. The molecule has 1 saturated heterocycles. The van der Waals surface area contributed by atoms with Crippen LogP contribution in [-0.4, -0.2) is 44.0 Å². The Morgan fingerprint density at radius 2 is 2.05 bits per heavy atom. The van der Waals surface area contributed by atoms with E-state index in [1.807, 2.05) is 7.05 Å². The second-order valence-corrected chi connectivity index (χ2v) is 6.38. The number of hydrogen-bond donors (Lipinski definition) is 1. The number of anilines is 1. The number of carbonyl (C=O) groups is 1. The van der Waals surface area contributed by atoms with Crippen LogP contribution in [-0.2, 0) is 11.3 Å². The van der Waals surface area contributed by atoms with Gasteiger partial charge in [0, 0.05) is 32.4 Å². The lowest BCUT2D eigenvalue weighted by molar-refractivity contribution is -0.129. The number of carbonyl (C=O) groups excluding carboxylic acids is 1. The molecule has 1 aliphatic rings. The average molecular weight is 289 g/mol. The summed E-state index contributed by atoms with van der Waals surface area (Å²) in [5, 5.41) is 3.47. The van der Waals surface area contributed by atoms with E-state index in [1.165, 1.54) is 16.8 Å². The lowest BCUT2D eigenvalue weighted by atomic mass is 10.1. The normalized spacial score (nSPS) is 16.0. The fourth-order valence-corrected chi connectivity index (χ4v) is 2.65. The van der Waals surface area contributed by atoms with Gasteiger partial charge in [-0.2, -0.15) is 0 Å². The Balaban J connectivity index is 2.00. The average Bonchev–Trinajstić information content (AvgIpc) is 2.42. The number of likely N-dealkylation sites (N-methyl/N-ethyl adjacent to an activating group) is 1. The van der Waals surface area contributed by atoms with E-state index in [0.29, 0.717) is 12.5 Å². The summed E-state index contributed by atoms with van der Waals surface area (Å²) in [5.41, 5.74) is 3.73. The molecular formula is C17H27N3O. The molecule has 0 bridgehead atoms. The molecule has 21 heavy (non-hydrogen) atoms. The van der Waals surface area contributed by atoms with E-state index in [2.05, 4.69) is 49.2 Å². The molecule has 1 aromatic carbocycles. The highest BCUT2D eigenvalue weighted by molar-refractivity contribution is 5.83. The molecule has 1 fully saturated rings. The molecule has 0 aromatic heterocycles. The Bertz CT molecular complexity index is 499. The van der Waals surface area contributed by atoms with Gasteiger partial charge in [-0.3, -0.25) is 4.79 Å². The molecule has 0 saturated carbocycles. The highest BCUT2D eigenvalue weighted by atomic mass is 16.2. The van der Waals surface area contributed by atoms with Gasteiger partial charge in [-0.1, -0.05) is 26.0 Å². The zero-order chi connectivity index (χ0) is 15.4. The molecule has 1 amide bonds. The van der Waals surface area contributed by atoms with E-state index in [0.717, 1.165) is 26.2 Å². The Morgan fingerprint density at radius 3 is 2.67 bits per heavy atom. The number of nitrogens with zero attached hydrogens (tertiary/aromatic N) is 2. The van der Waals surface area contributed by atoms with Crippen LogP contribution in [0.1, 0.15) is 25.0 Å². The predicted octanol–water partition coefficient (Wildman–Crippen LogP) is 2.02. The Labute approximate surface area is 128 Å². The second kappa shape index (κ2) is 6.94. The number of hydrogen-bond acceptors (Lipinski definition) is 3. The summed E-state index contributed by atoms with van der Waals surface area (Å²) < 4.78 is 0. The van der Waals surface area contributed by atoms with Crippen molar-refractivity contribution in [3.8, 4) is 0 Å². The summed E-state index contributed by atoms with van der Waals surface area (Å²) >= 11 is 0. The van der Waals surface area contributed by atoms with Crippen molar-refractivity contribution in [2.45, 2.75) is 27.3 Å². The number of piperazine rings is 1. The lowest BCUT2D eigenvalue weighted by Gasteiger charge is -2.34. The number of aryl methyl sites for hydroxylation is 1. The third-order valence-corrected chi connectivity index (χ3v) is 3.94. The summed E-state index contributed by atoms with van der Waals surface area (Å²) in [4.78, 5) is 15.8. The van der Waals surface area contributed by atoms with Crippen LogP contribution in [0.3, 0.4) is 0 Å². The van der Waals surface area contributed by atoms with E-state index in [1.54, 1.807) is 4.90 Å². The molecule has 4 nitrogen and oxygen atoms in total. The number of amides is 1.